The van der Waals surface area contributed by atoms with Gasteiger partial charge in [0.2, 0.25) is 5.91 Å². The largest absolute Gasteiger partial charge is 0.341 e. The minimum atomic E-state index is -3.72. The van der Waals surface area contributed by atoms with Gasteiger partial charge in [-0.3, -0.25) is 4.79 Å². The normalized spacial score (nSPS) is 17.2. The summed E-state index contributed by atoms with van der Waals surface area (Å²) < 4.78 is 28.0. The van der Waals surface area contributed by atoms with Gasteiger partial charge >= 0.3 is 0 Å². The van der Waals surface area contributed by atoms with Crippen molar-refractivity contribution in [2.75, 3.05) is 13.1 Å². The number of rotatable bonds is 6. The number of nitrogens with zero attached hydrogens (tertiary/aromatic N) is 1. The van der Waals surface area contributed by atoms with Crippen LogP contribution >= 0.6 is 22.9 Å². The van der Waals surface area contributed by atoms with Gasteiger partial charge in [0.25, 0.3) is 10.0 Å². The van der Waals surface area contributed by atoms with E-state index in [1.54, 1.807) is 11.0 Å². The van der Waals surface area contributed by atoms with Gasteiger partial charge in [-0.2, -0.15) is 4.72 Å². The lowest BCUT2D eigenvalue weighted by Crippen LogP contribution is -2.48. The third-order valence-electron chi connectivity index (χ3n) is 3.53. The van der Waals surface area contributed by atoms with Crippen LogP contribution in [0.15, 0.2) is 16.3 Å². The van der Waals surface area contributed by atoms with Gasteiger partial charge in [0, 0.05) is 13.1 Å². The first kappa shape index (κ1) is 17.7. The van der Waals surface area contributed by atoms with Crippen LogP contribution < -0.4 is 4.72 Å². The molecule has 124 valence electrons. The Hall–Kier alpha value is -0.630. The zero-order chi connectivity index (χ0) is 16.3. The Bertz CT molecular complexity index is 622. The Morgan fingerprint density at radius 1 is 1.36 bits per heavy atom. The summed E-state index contributed by atoms with van der Waals surface area (Å²) in [5.41, 5.74) is 0. The van der Waals surface area contributed by atoms with E-state index in [1.807, 2.05) is 13.8 Å². The third-order valence-corrected chi connectivity index (χ3v) is 6.73. The van der Waals surface area contributed by atoms with Gasteiger partial charge in [-0.15, -0.1) is 11.3 Å². The van der Waals surface area contributed by atoms with Gasteiger partial charge in [-0.05, 0) is 37.3 Å². The van der Waals surface area contributed by atoms with Crippen molar-refractivity contribution in [3.63, 3.8) is 0 Å². The maximum absolute atomic E-state index is 12.6. The topological polar surface area (TPSA) is 66.5 Å². The van der Waals surface area contributed by atoms with Crippen LogP contribution in [0, 0.1) is 5.92 Å². The summed E-state index contributed by atoms with van der Waals surface area (Å²) in [6.45, 7) is 5.36. The molecule has 1 atom stereocenters. The number of hydrogen-bond donors (Lipinski definition) is 1. The van der Waals surface area contributed by atoms with Crippen molar-refractivity contribution >= 4 is 38.9 Å². The van der Waals surface area contributed by atoms with Crippen LogP contribution in [0.3, 0.4) is 0 Å². The highest BCUT2D eigenvalue weighted by atomic mass is 35.5. The Kier molecular flexibility index (Phi) is 5.87. The van der Waals surface area contributed by atoms with Gasteiger partial charge in [0.1, 0.15) is 10.3 Å². The molecule has 22 heavy (non-hydrogen) atoms. The number of carbonyl (C=O) groups excluding carboxylic acids is 1. The predicted molar refractivity (Wildman–Crippen MR) is 88.7 cm³/mol. The van der Waals surface area contributed by atoms with E-state index in [4.69, 9.17) is 11.6 Å². The quantitative estimate of drug-likeness (QED) is 0.843. The van der Waals surface area contributed by atoms with E-state index in [-0.39, 0.29) is 16.0 Å². The monoisotopic (exact) mass is 364 g/mol. The number of likely N-dealkylation sites (tertiary alicyclic amines) is 1. The molecule has 0 bridgehead atoms. The minimum absolute atomic E-state index is 0.127. The van der Waals surface area contributed by atoms with Crippen LogP contribution in [0.5, 0.6) is 0 Å². The molecule has 0 saturated carbocycles. The van der Waals surface area contributed by atoms with Gasteiger partial charge in [-0.25, -0.2) is 8.42 Å². The fourth-order valence-corrected chi connectivity index (χ4v) is 5.22. The van der Waals surface area contributed by atoms with E-state index < -0.39 is 16.1 Å². The molecule has 2 rings (SSSR count). The Morgan fingerprint density at radius 3 is 2.50 bits per heavy atom. The Labute approximate surface area is 140 Å². The molecule has 1 saturated heterocycles. The SMILES string of the molecule is CC(C)C[C@H](NS(=O)(=O)c1ccc(Cl)s1)C(=O)N1CCCC1. The van der Waals surface area contributed by atoms with Crippen LogP contribution in [-0.2, 0) is 14.8 Å². The molecule has 0 aliphatic carbocycles. The lowest BCUT2D eigenvalue weighted by Gasteiger charge is -2.24. The third kappa shape index (κ3) is 4.44. The fourth-order valence-electron chi connectivity index (χ4n) is 2.52. The number of carbonyl (C=O) groups is 1. The number of sulfonamides is 1. The van der Waals surface area contributed by atoms with Crippen molar-refractivity contribution in [2.24, 2.45) is 5.92 Å². The van der Waals surface area contributed by atoms with Gasteiger partial charge < -0.3 is 4.90 Å². The molecule has 8 heteroatoms. The van der Waals surface area contributed by atoms with Crippen LogP contribution in [0.2, 0.25) is 4.34 Å². The van der Waals surface area contributed by atoms with E-state index in [0.29, 0.717) is 23.8 Å². The van der Waals surface area contributed by atoms with Crippen molar-refractivity contribution < 1.29 is 13.2 Å². The molecule has 5 nitrogen and oxygen atoms in total. The number of thiophene rings is 1. The summed E-state index contributed by atoms with van der Waals surface area (Å²) in [6.07, 6.45) is 2.44. The van der Waals surface area contributed by atoms with Crippen molar-refractivity contribution in [3.05, 3.63) is 16.5 Å². The highest BCUT2D eigenvalue weighted by Gasteiger charge is 2.31. The second-order valence-corrected chi connectivity index (χ2v) is 9.55. The smallest absolute Gasteiger partial charge is 0.250 e. The average molecular weight is 365 g/mol. The highest BCUT2D eigenvalue weighted by molar-refractivity contribution is 7.91. The van der Waals surface area contributed by atoms with Crippen molar-refractivity contribution in [1.29, 1.82) is 0 Å². The van der Waals surface area contributed by atoms with Gasteiger partial charge in [-0.1, -0.05) is 25.4 Å². The highest BCUT2D eigenvalue weighted by Crippen LogP contribution is 2.26. The first-order valence-corrected chi connectivity index (χ1v) is 10.0. The van der Waals surface area contributed by atoms with Crippen LogP contribution in [0.4, 0.5) is 0 Å². The van der Waals surface area contributed by atoms with E-state index in [1.165, 1.54) is 6.07 Å². The van der Waals surface area contributed by atoms with E-state index >= 15 is 0 Å². The first-order valence-electron chi connectivity index (χ1n) is 7.36. The van der Waals surface area contributed by atoms with Crippen molar-refractivity contribution in [1.82, 2.24) is 9.62 Å². The molecular formula is C14H21ClN2O3S2. The van der Waals surface area contributed by atoms with E-state index in [0.717, 1.165) is 24.2 Å². The maximum Gasteiger partial charge on any atom is 0.250 e. The second-order valence-electron chi connectivity index (χ2n) is 5.89. The predicted octanol–water partition coefficient (Wildman–Crippen LogP) is 2.72. The summed E-state index contributed by atoms with van der Waals surface area (Å²) in [7, 11) is -3.72. The number of amides is 1. The second kappa shape index (κ2) is 7.29. The van der Waals surface area contributed by atoms with Crippen molar-refractivity contribution in [3.8, 4) is 0 Å². The van der Waals surface area contributed by atoms with E-state index in [9.17, 15) is 13.2 Å². The molecule has 0 aromatic carbocycles. The lowest BCUT2D eigenvalue weighted by atomic mass is 10.0. The number of halogens is 1. The lowest BCUT2D eigenvalue weighted by molar-refractivity contribution is -0.132. The summed E-state index contributed by atoms with van der Waals surface area (Å²) in [5.74, 6) is 0.0867. The Balaban J connectivity index is 2.16. The molecule has 1 N–H and O–H groups in total. The standard InChI is InChI=1S/C14H21ClN2O3S2/c1-10(2)9-11(14(18)17-7-3-4-8-17)16-22(19,20)13-6-5-12(15)21-13/h5-6,10-11,16H,3-4,7-9H2,1-2H3/t11-/m0/s1. The summed E-state index contributed by atoms with van der Waals surface area (Å²) >= 11 is 6.79. The molecule has 1 aliphatic rings. The van der Waals surface area contributed by atoms with Crippen LogP contribution in [0.1, 0.15) is 33.1 Å². The summed E-state index contributed by atoms with van der Waals surface area (Å²) in [4.78, 5) is 14.3. The molecule has 0 radical (unpaired) electrons. The molecule has 2 heterocycles. The van der Waals surface area contributed by atoms with Gasteiger partial charge in [0.05, 0.1) is 4.34 Å². The molecule has 1 amide bonds. The summed E-state index contributed by atoms with van der Waals surface area (Å²) in [6, 6.07) is 2.28. The number of hydrogen-bond acceptors (Lipinski definition) is 4. The van der Waals surface area contributed by atoms with Gasteiger partial charge in [0.15, 0.2) is 0 Å². The molecule has 0 spiro atoms. The summed E-state index contributed by atoms with van der Waals surface area (Å²) in [5, 5.41) is 0. The molecular weight excluding hydrogens is 344 g/mol. The molecule has 1 aromatic rings. The average Bonchev–Trinajstić information content (AvgIpc) is 3.07. The first-order chi connectivity index (χ1) is 10.3. The van der Waals surface area contributed by atoms with Crippen molar-refractivity contribution in [2.45, 2.75) is 43.4 Å². The molecule has 0 unspecified atom stereocenters. The van der Waals surface area contributed by atoms with Crippen LogP contribution in [0.25, 0.3) is 0 Å². The fraction of sp³-hybridized carbons (Fsp3) is 0.643. The maximum atomic E-state index is 12.6. The number of nitrogens with one attached hydrogen (secondary N) is 1. The molecule has 1 aliphatic heterocycles. The van der Waals surface area contributed by atoms with Crippen LogP contribution in [-0.4, -0.2) is 38.4 Å². The van der Waals surface area contributed by atoms with E-state index in [2.05, 4.69) is 4.72 Å². The molecule has 1 fully saturated rings. The zero-order valence-electron chi connectivity index (χ0n) is 12.7. The molecule has 1 aromatic heterocycles. The minimum Gasteiger partial charge on any atom is -0.341 e. The Morgan fingerprint density at radius 2 is 2.00 bits per heavy atom. The zero-order valence-corrected chi connectivity index (χ0v) is 15.1.